The molecule has 6 heteroatoms. The van der Waals surface area contributed by atoms with Crippen LogP contribution in [0.1, 0.15) is 11.9 Å². The van der Waals surface area contributed by atoms with E-state index < -0.39 is 0 Å². The summed E-state index contributed by atoms with van der Waals surface area (Å²) in [6.45, 7) is 6.27. The number of nitrogens with zero attached hydrogens (tertiary/aromatic N) is 3. The number of rotatable bonds is 5. The van der Waals surface area contributed by atoms with Crippen molar-refractivity contribution in [1.29, 1.82) is 0 Å². The second-order valence-corrected chi connectivity index (χ2v) is 4.36. The van der Waals surface area contributed by atoms with E-state index in [4.69, 9.17) is 9.47 Å². The maximum Gasteiger partial charge on any atom is 0.182 e. The van der Waals surface area contributed by atoms with Crippen LogP contribution in [0.3, 0.4) is 0 Å². The quantitative estimate of drug-likeness (QED) is 0.776. The first-order valence-electron chi connectivity index (χ1n) is 5.39. The van der Waals surface area contributed by atoms with Crippen LogP contribution in [0.15, 0.2) is 25.0 Å². The van der Waals surface area contributed by atoms with Crippen LogP contribution in [0.2, 0.25) is 0 Å². The van der Waals surface area contributed by atoms with E-state index >= 15 is 0 Å². The van der Waals surface area contributed by atoms with Crippen molar-refractivity contribution < 1.29 is 9.47 Å². The third-order valence-electron chi connectivity index (χ3n) is 2.18. The van der Waals surface area contributed by atoms with E-state index in [1.54, 1.807) is 19.5 Å². The van der Waals surface area contributed by atoms with E-state index in [0.717, 1.165) is 10.6 Å². The Morgan fingerprint density at radius 1 is 1.39 bits per heavy atom. The summed E-state index contributed by atoms with van der Waals surface area (Å²) in [6.07, 6.45) is 3.36. The van der Waals surface area contributed by atoms with E-state index in [9.17, 15) is 0 Å². The van der Waals surface area contributed by atoms with E-state index in [0.29, 0.717) is 23.1 Å². The first-order chi connectivity index (χ1) is 8.74. The molecule has 0 saturated carbocycles. The lowest BCUT2D eigenvalue weighted by atomic mass is 10.3. The van der Waals surface area contributed by atoms with Gasteiger partial charge in [0.2, 0.25) is 0 Å². The standard InChI is InChI=1S/C12H13N3O2S/c1-4-17-8(2)11-14-15-12(18-11)9-5-10(16-3)7-13-6-9/h5-7H,2,4H2,1,3H3. The largest absolute Gasteiger partial charge is 0.495 e. The second-order valence-electron chi connectivity index (χ2n) is 3.38. The van der Waals surface area contributed by atoms with Gasteiger partial charge < -0.3 is 9.47 Å². The second kappa shape index (κ2) is 5.59. The highest BCUT2D eigenvalue weighted by molar-refractivity contribution is 7.15. The fourth-order valence-corrected chi connectivity index (χ4v) is 2.08. The van der Waals surface area contributed by atoms with Crippen molar-refractivity contribution in [3.05, 3.63) is 30.0 Å². The molecule has 0 N–H and O–H groups in total. The number of pyridine rings is 1. The average Bonchev–Trinajstić information content (AvgIpc) is 2.89. The van der Waals surface area contributed by atoms with Crippen molar-refractivity contribution in [2.75, 3.05) is 13.7 Å². The minimum Gasteiger partial charge on any atom is -0.495 e. The SMILES string of the molecule is C=C(OCC)c1nnc(-c2cncc(OC)c2)s1. The molecule has 2 heterocycles. The molecular weight excluding hydrogens is 250 g/mol. The zero-order valence-electron chi connectivity index (χ0n) is 10.2. The smallest absolute Gasteiger partial charge is 0.182 e. The van der Waals surface area contributed by atoms with E-state index in [1.807, 2.05) is 13.0 Å². The summed E-state index contributed by atoms with van der Waals surface area (Å²) in [5.74, 6) is 1.23. The van der Waals surface area contributed by atoms with Gasteiger partial charge in [-0.3, -0.25) is 4.98 Å². The lowest BCUT2D eigenvalue weighted by Gasteiger charge is -2.01. The Morgan fingerprint density at radius 3 is 2.94 bits per heavy atom. The molecule has 0 radical (unpaired) electrons. The third-order valence-corrected chi connectivity index (χ3v) is 3.19. The maximum absolute atomic E-state index is 5.30. The zero-order valence-corrected chi connectivity index (χ0v) is 11.0. The summed E-state index contributed by atoms with van der Waals surface area (Å²) < 4.78 is 10.4. The van der Waals surface area contributed by atoms with Gasteiger partial charge in [0.05, 0.1) is 19.9 Å². The predicted octanol–water partition coefficient (Wildman–Crippen LogP) is 2.62. The number of ether oxygens (including phenoxy) is 2. The summed E-state index contributed by atoms with van der Waals surface area (Å²) in [7, 11) is 1.60. The normalized spacial score (nSPS) is 10.1. The van der Waals surface area contributed by atoms with Gasteiger partial charge in [-0.15, -0.1) is 10.2 Å². The Morgan fingerprint density at radius 2 is 2.22 bits per heavy atom. The fourth-order valence-electron chi connectivity index (χ4n) is 1.34. The van der Waals surface area contributed by atoms with Crippen LogP contribution in [0.5, 0.6) is 5.75 Å². The fraction of sp³-hybridized carbons (Fsp3) is 0.250. The topological polar surface area (TPSA) is 57.1 Å². The van der Waals surface area contributed by atoms with Gasteiger partial charge >= 0.3 is 0 Å². The minimum atomic E-state index is 0.539. The Kier molecular flexibility index (Phi) is 3.88. The van der Waals surface area contributed by atoms with Crippen LogP contribution in [-0.4, -0.2) is 28.9 Å². The van der Waals surface area contributed by atoms with Crippen LogP contribution in [0, 0.1) is 0 Å². The van der Waals surface area contributed by atoms with Gasteiger partial charge in [-0.1, -0.05) is 17.9 Å². The lowest BCUT2D eigenvalue weighted by molar-refractivity contribution is 0.298. The van der Waals surface area contributed by atoms with E-state index in [1.165, 1.54) is 11.3 Å². The van der Waals surface area contributed by atoms with E-state index in [2.05, 4.69) is 21.8 Å². The van der Waals surface area contributed by atoms with Crippen LogP contribution in [0.25, 0.3) is 16.3 Å². The number of hydrogen-bond acceptors (Lipinski definition) is 6. The average molecular weight is 263 g/mol. The molecule has 0 aliphatic carbocycles. The molecule has 5 nitrogen and oxygen atoms in total. The van der Waals surface area contributed by atoms with Gasteiger partial charge in [0.25, 0.3) is 0 Å². The van der Waals surface area contributed by atoms with Crippen molar-refractivity contribution in [3.63, 3.8) is 0 Å². The van der Waals surface area contributed by atoms with Crippen LogP contribution in [0.4, 0.5) is 0 Å². The van der Waals surface area contributed by atoms with Gasteiger partial charge in [0.1, 0.15) is 16.5 Å². The summed E-state index contributed by atoms with van der Waals surface area (Å²) in [4.78, 5) is 4.08. The highest BCUT2D eigenvalue weighted by Crippen LogP contribution is 2.28. The zero-order chi connectivity index (χ0) is 13.0. The van der Waals surface area contributed by atoms with Gasteiger partial charge in [-0.25, -0.2) is 0 Å². The molecule has 18 heavy (non-hydrogen) atoms. The molecule has 0 atom stereocenters. The summed E-state index contributed by atoms with van der Waals surface area (Å²) in [6, 6.07) is 1.86. The lowest BCUT2D eigenvalue weighted by Crippen LogP contribution is -1.88. The molecule has 2 rings (SSSR count). The third kappa shape index (κ3) is 2.65. The van der Waals surface area contributed by atoms with Crippen molar-refractivity contribution in [2.24, 2.45) is 0 Å². The molecular formula is C12H13N3O2S. The van der Waals surface area contributed by atoms with Crippen LogP contribution >= 0.6 is 11.3 Å². The molecule has 0 bridgehead atoms. The molecule has 2 aromatic heterocycles. The van der Waals surface area contributed by atoms with Gasteiger partial charge in [-0.05, 0) is 13.0 Å². The van der Waals surface area contributed by atoms with Crippen molar-refractivity contribution >= 4 is 17.1 Å². The molecule has 0 fully saturated rings. The Labute approximate surface area is 109 Å². The van der Waals surface area contributed by atoms with Gasteiger partial charge in [0, 0.05) is 11.8 Å². The van der Waals surface area contributed by atoms with Gasteiger partial charge in [-0.2, -0.15) is 0 Å². The number of hydrogen-bond donors (Lipinski definition) is 0. The molecule has 94 valence electrons. The molecule has 0 spiro atoms. The van der Waals surface area contributed by atoms with E-state index in [-0.39, 0.29) is 0 Å². The van der Waals surface area contributed by atoms with Crippen molar-refractivity contribution in [2.45, 2.75) is 6.92 Å². The van der Waals surface area contributed by atoms with Crippen molar-refractivity contribution in [3.8, 4) is 16.3 Å². The summed E-state index contributed by atoms with van der Waals surface area (Å²) in [5, 5.41) is 9.58. The molecule has 0 saturated heterocycles. The summed E-state index contributed by atoms with van der Waals surface area (Å²) >= 11 is 1.41. The Balaban J connectivity index is 2.26. The highest BCUT2D eigenvalue weighted by Gasteiger charge is 2.10. The molecule has 2 aromatic rings. The van der Waals surface area contributed by atoms with Crippen molar-refractivity contribution in [1.82, 2.24) is 15.2 Å². The first kappa shape index (κ1) is 12.5. The maximum atomic E-state index is 5.30. The first-order valence-corrected chi connectivity index (χ1v) is 6.21. The highest BCUT2D eigenvalue weighted by atomic mass is 32.1. The molecule has 0 aliphatic rings. The van der Waals surface area contributed by atoms with Gasteiger partial charge in [0.15, 0.2) is 5.01 Å². The monoisotopic (exact) mass is 263 g/mol. The predicted molar refractivity (Wildman–Crippen MR) is 70.4 cm³/mol. The number of methoxy groups -OCH3 is 1. The molecule has 0 aliphatic heterocycles. The molecule has 0 unspecified atom stereocenters. The Hall–Kier alpha value is -1.95. The molecule has 0 amide bonds. The summed E-state index contributed by atoms with van der Waals surface area (Å²) in [5.41, 5.74) is 0.863. The Bertz CT molecular complexity index is 554. The van der Waals surface area contributed by atoms with Crippen LogP contribution in [-0.2, 0) is 4.74 Å². The molecule has 0 aromatic carbocycles. The number of aromatic nitrogens is 3. The minimum absolute atomic E-state index is 0.539. The van der Waals surface area contributed by atoms with Crippen LogP contribution < -0.4 is 4.74 Å².